The quantitative estimate of drug-likeness (QED) is 0.313. The van der Waals surface area contributed by atoms with Crippen LogP contribution in [0.1, 0.15) is 31.2 Å². The summed E-state index contributed by atoms with van der Waals surface area (Å²) in [6.07, 6.45) is 4.49. The summed E-state index contributed by atoms with van der Waals surface area (Å²) < 4.78 is 15.5. The molecule has 4 heteroatoms. The number of unbranched alkanes of at least 4 members (excludes halogenated alkanes) is 3. The van der Waals surface area contributed by atoms with Crippen LogP contribution in [-0.2, 0) is 14.3 Å². The van der Waals surface area contributed by atoms with E-state index in [1.807, 2.05) is 48.5 Å². The average Bonchev–Trinajstić information content (AvgIpc) is 2.72. The molecule has 2 rings (SSSR count). The number of methoxy groups -OCH3 is 2. The Morgan fingerprint density at radius 2 is 1.37 bits per heavy atom. The molecule has 2 aromatic rings. The monoisotopic (exact) mass is 368 g/mol. The molecule has 0 fully saturated rings. The van der Waals surface area contributed by atoms with E-state index in [-0.39, 0.29) is 0 Å². The van der Waals surface area contributed by atoms with Crippen molar-refractivity contribution in [3.05, 3.63) is 60.7 Å². The smallest absolute Gasteiger partial charge is 0.337 e. The highest BCUT2D eigenvalue weighted by atomic mass is 16.5. The van der Waals surface area contributed by atoms with E-state index in [9.17, 15) is 4.79 Å². The van der Waals surface area contributed by atoms with E-state index in [1.54, 1.807) is 7.11 Å². The number of benzene rings is 2. The third-order valence-electron chi connectivity index (χ3n) is 4.36. The van der Waals surface area contributed by atoms with Gasteiger partial charge in [0.1, 0.15) is 5.75 Å². The minimum absolute atomic E-state index is 0.356. The molecular formula is C23H28O4. The predicted octanol–water partition coefficient (Wildman–Crippen LogP) is 5.13. The molecule has 0 saturated carbocycles. The van der Waals surface area contributed by atoms with Crippen molar-refractivity contribution < 1.29 is 19.0 Å². The molecule has 0 aliphatic heterocycles. The molecule has 0 amide bonds. The molecular weight excluding hydrogens is 340 g/mol. The molecule has 4 nitrogen and oxygen atoms in total. The summed E-state index contributed by atoms with van der Waals surface area (Å²) in [5.74, 6) is 0.467. The summed E-state index contributed by atoms with van der Waals surface area (Å²) >= 11 is 0. The second-order valence-corrected chi connectivity index (χ2v) is 6.33. The second-order valence-electron chi connectivity index (χ2n) is 6.33. The maximum atomic E-state index is 11.5. The zero-order valence-electron chi connectivity index (χ0n) is 16.2. The van der Waals surface area contributed by atoms with Gasteiger partial charge in [-0.05, 0) is 48.1 Å². The Balaban J connectivity index is 1.84. The SMILES string of the molecule is C=C(C(=O)OC)c1ccc(-c2ccc(OCCCCCCOC)cc2)cc1. The number of esters is 1. The van der Waals surface area contributed by atoms with Gasteiger partial charge >= 0.3 is 5.97 Å². The van der Waals surface area contributed by atoms with Gasteiger partial charge in [0.2, 0.25) is 0 Å². The van der Waals surface area contributed by atoms with E-state index in [0.717, 1.165) is 54.9 Å². The molecule has 0 aliphatic carbocycles. The van der Waals surface area contributed by atoms with Crippen molar-refractivity contribution in [2.24, 2.45) is 0 Å². The lowest BCUT2D eigenvalue weighted by Gasteiger charge is -2.08. The van der Waals surface area contributed by atoms with Gasteiger partial charge in [-0.15, -0.1) is 0 Å². The van der Waals surface area contributed by atoms with Crippen molar-refractivity contribution >= 4 is 11.5 Å². The van der Waals surface area contributed by atoms with Gasteiger partial charge in [-0.2, -0.15) is 0 Å². The van der Waals surface area contributed by atoms with Crippen LogP contribution < -0.4 is 4.74 Å². The Labute approximate surface area is 161 Å². The first-order chi connectivity index (χ1) is 13.2. The van der Waals surface area contributed by atoms with Crippen molar-refractivity contribution in [1.82, 2.24) is 0 Å². The predicted molar refractivity (Wildman–Crippen MR) is 109 cm³/mol. The number of rotatable bonds is 11. The lowest BCUT2D eigenvalue weighted by atomic mass is 10.0. The molecule has 144 valence electrons. The third kappa shape index (κ3) is 6.57. The summed E-state index contributed by atoms with van der Waals surface area (Å²) in [6, 6.07) is 15.8. The number of hydrogen-bond donors (Lipinski definition) is 0. The summed E-state index contributed by atoms with van der Waals surface area (Å²) in [5.41, 5.74) is 3.28. The molecule has 0 radical (unpaired) electrons. The van der Waals surface area contributed by atoms with Crippen molar-refractivity contribution in [2.45, 2.75) is 25.7 Å². The van der Waals surface area contributed by atoms with Crippen LogP contribution in [0.25, 0.3) is 16.7 Å². The highest BCUT2D eigenvalue weighted by Crippen LogP contribution is 2.24. The highest BCUT2D eigenvalue weighted by Gasteiger charge is 2.09. The van der Waals surface area contributed by atoms with Crippen LogP contribution in [0.2, 0.25) is 0 Å². The third-order valence-corrected chi connectivity index (χ3v) is 4.36. The molecule has 0 saturated heterocycles. The fraction of sp³-hybridized carbons (Fsp3) is 0.348. The zero-order chi connectivity index (χ0) is 19.5. The van der Waals surface area contributed by atoms with Crippen molar-refractivity contribution in [2.75, 3.05) is 27.4 Å². The maximum absolute atomic E-state index is 11.5. The normalized spacial score (nSPS) is 10.4. The van der Waals surface area contributed by atoms with Crippen LogP contribution in [0.4, 0.5) is 0 Å². The lowest BCUT2D eigenvalue weighted by Crippen LogP contribution is -2.02. The standard InChI is InChI=1S/C23H28O4/c1-18(23(24)26-3)19-8-10-20(11-9-19)21-12-14-22(15-13-21)27-17-7-5-4-6-16-25-2/h8-15H,1,4-7,16-17H2,2-3H3. The van der Waals surface area contributed by atoms with E-state index in [0.29, 0.717) is 5.57 Å². The Hall–Kier alpha value is -2.59. The molecule has 0 aromatic heterocycles. The van der Waals surface area contributed by atoms with Crippen molar-refractivity contribution in [1.29, 1.82) is 0 Å². The number of ether oxygens (including phenoxy) is 3. The number of carbonyl (C=O) groups is 1. The van der Waals surface area contributed by atoms with Gasteiger partial charge in [-0.1, -0.05) is 49.4 Å². The fourth-order valence-corrected chi connectivity index (χ4v) is 2.74. The Morgan fingerprint density at radius 1 is 0.815 bits per heavy atom. The molecule has 0 aliphatic rings. The molecule has 0 unspecified atom stereocenters. The van der Waals surface area contributed by atoms with Gasteiger partial charge in [0.25, 0.3) is 0 Å². The van der Waals surface area contributed by atoms with Gasteiger partial charge in [0, 0.05) is 13.7 Å². The van der Waals surface area contributed by atoms with Gasteiger partial charge in [-0.3, -0.25) is 0 Å². The highest BCUT2D eigenvalue weighted by molar-refractivity contribution is 6.15. The Morgan fingerprint density at radius 3 is 1.93 bits per heavy atom. The number of hydrogen-bond acceptors (Lipinski definition) is 4. The summed E-state index contributed by atoms with van der Waals surface area (Å²) in [5, 5.41) is 0. The van der Waals surface area contributed by atoms with Gasteiger partial charge in [0.15, 0.2) is 0 Å². The van der Waals surface area contributed by atoms with E-state index in [2.05, 4.69) is 6.58 Å². The van der Waals surface area contributed by atoms with Crippen LogP contribution >= 0.6 is 0 Å². The van der Waals surface area contributed by atoms with E-state index in [1.165, 1.54) is 13.5 Å². The largest absolute Gasteiger partial charge is 0.494 e. The first-order valence-electron chi connectivity index (χ1n) is 9.25. The second kappa shape index (κ2) is 11.2. The summed E-state index contributed by atoms with van der Waals surface area (Å²) in [6.45, 7) is 5.33. The maximum Gasteiger partial charge on any atom is 0.337 e. The molecule has 27 heavy (non-hydrogen) atoms. The molecule has 0 heterocycles. The average molecular weight is 368 g/mol. The van der Waals surface area contributed by atoms with Gasteiger partial charge in [0.05, 0.1) is 19.3 Å². The molecule has 2 aromatic carbocycles. The first kappa shape index (κ1) is 20.7. The zero-order valence-corrected chi connectivity index (χ0v) is 16.2. The fourth-order valence-electron chi connectivity index (χ4n) is 2.74. The summed E-state index contributed by atoms with van der Waals surface area (Å²) in [7, 11) is 3.09. The van der Waals surface area contributed by atoms with E-state index < -0.39 is 5.97 Å². The molecule has 0 atom stereocenters. The van der Waals surface area contributed by atoms with Gasteiger partial charge < -0.3 is 14.2 Å². The number of carbonyl (C=O) groups excluding carboxylic acids is 1. The van der Waals surface area contributed by atoms with Crippen molar-refractivity contribution in [3.63, 3.8) is 0 Å². The van der Waals surface area contributed by atoms with Crippen LogP contribution in [0.15, 0.2) is 55.1 Å². The van der Waals surface area contributed by atoms with E-state index >= 15 is 0 Å². The van der Waals surface area contributed by atoms with Crippen LogP contribution in [0, 0.1) is 0 Å². The molecule has 0 N–H and O–H groups in total. The van der Waals surface area contributed by atoms with E-state index in [4.69, 9.17) is 14.2 Å². The molecule has 0 bridgehead atoms. The van der Waals surface area contributed by atoms with Crippen LogP contribution in [-0.4, -0.2) is 33.4 Å². The molecule has 0 spiro atoms. The minimum Gasteiger partial charge on any atom is -0.494 e. The van der Waals surface area contributed by atoms with Crippen LogP contribution in [0.5, 0.6) is 5.75 Å². The first-order valence-corrected chi connectivity index (χ1v) is 9.25. The Kier molecular flexibility index (Phi) is 8.59. The minimum atomic E-state index is -0.414. The summed E-state index contributed by atoms with van der Waals surface area (Å²) in [4.78, 5) is 11.5. The Bertz CT molecular complexity index is 717. The van der Waals surface area contributed by atoms with Gasteiger partial charge in [-0.25, -0.2) is 4.79 Å². The topological polar surface area (TPSA) is 44.8 Å². The lowest BCUT2D eigenvalue weighted by molar-refractivity contribution is -0.133. The van der Waals surface area contributed by atoms with Crippen molar-refractivity contribution in [3.8, 4) is 16.9 Å². The van der Waals surface area contributed by atoms with Crippen LogP contribution in [0.3, 0.4) is 0 Å².